The van der Waals surface area contributed by atoms with E-state index in [1.807, 2.05) is 13.8 Å². The van der Waals surface area contributed by atoms with Crippen LogP contribution in [0, 0.1) is 5.92 Å². The molecule has 0 saturated carbocycles. The van der Waals surface area contributed by atoms with E-state index in [-0.39, 0.29) is 31.6 Å². The Kier molecular flexibility index (Phi) is 10.2. The lowest BCUT2D eigenvalue weighted by Crippen LogP contribution is -2.57. The minimum Gasteiger partial charge on any atom is -0.480 e. The Morgan fingerprint density at radius 1 is 1.23 bits per heavy atom. The van der Waals surface area contributed by atoms with E-state index in [0.29, 0.717) is 25.1 Å². The first-order chi connectivity index (χ1) is 16.5. The molecule has 1 aromatic heterocycles. The first kappa shape index (κ1) is 27.8. The van der Waals surface area contributed by atoms with Gasteiger partial charge < -0.3 is 37.1 Å². The molecule has 2 heterocycles. The van der Waals surface area contributed by atoms with Crippen LogP contribution < -0.4 is 22.1 Å². The summed E-state index contributed by atoms with van der Waals surface area (Å²) in [6, 6.07) is -4.04. The highest BCUT2D eigenvalue weighted by molar-refractivity contribution is 5.94. The highest BCUT2D eigenvalue weighted by atomic mass is 16.4. The number of likely N-dealkylation sites (tertiary alicyclic amines) is 1. The highest BCUT2D eigenvalue weighted by Crippen LogP contribution is 2.19. The van der Waals surface area contributed by atoms with Crippen LogP contribution in [-0.2, 0) is 30.4 Å². The molecule has 0 aliphatic carbocycles. The first-order valence-corrected chi connectivity index (χ1v) is 11.6. The molecule has 1 aliphatic rings. The molecule has 0 spiro atoms. The van der Waals surface area contributed by atoms with Gasteiger partial charge in [0, 0.05) is 31.3 Å². The number of imidazole rings is 1. The van der Waals surface area contributed by atoms with Crippen molar-refractivity contribution >= 4 is 29.6 Å². The average molecular weight is 494 g/mol. The van der Waals surface area contributed by atoms with Gasteiger partial charge in [0.2, 0.25) is 23.6 Å². The molecule has 4 atom stereocenters. The third kappa shape index (κ3) is 8.35. The third-order valence-corrected chi connectivity index (χ3v) is 5.79. The number of aliphatic carboxylic acids is 1. The van der Waals surface area contributed by atoms with Gasteiger partial charge in [-0.2, -0.15) is 0 Å². The van der Waals surface area contributed by atoms with E-state index in [1.54, 1.807) is 0 Å². The maximum absolute atomic E-state index is 13.1. The van der Waals surface area contributed by atoms with Crippen LogP contribution in [0.1, 0.15) is 51.6 Å². The van der Waals surface area contributed by atoms with Crippen molar-refractivity contribution in [3.8, 4) is 0 Å². The SMILES string of the molecule is CC(C)CC(NC(=O)C(Cc1cnc[nH]1)NC(=O)C1CCCN1C(=O)C(N)CCC(N)=O)C(=O)O. The smallest absolute Gasteiger partial charge is 0.326 e. The van der Waals surface area contributed by atoms with Crippen LogP contribution in [0.4, 0.5) is 0 Å². The number of nitrogens with one attached hydrogen (secondary N) is 3. The predicted octanol–water partition coefficient (Wildman–Crippen LogP) is -1.36. The van der Waals surface area contributed by atoms with Crippen molar-refractivity contribution in [1.29, 1.82) is 0 Å². The van der Waals surface area contributed by atoms with E-state index >= 15 is 0 Å². The van der Waals surface area contributed by atoms with Gasteiger partial charge in [-0.25, -0.2) is 9.78 Å². The zero-order valence-electron chi connectivity index (χ0n) is 20.0. The fraction of sp³-hybridized carbons (Fsp3) is 0.636. The Labute approximate surface area is 203 Å². The Hall–Kier alpha value is -3.48. The van der Waals surface area contributed by atoms with Crippen LogP contribution >= 0.6 is 0 Å². The minimum atomic E-state index is -1.17. The Bertz CT molecular complexity index is 904. The number of carbonyl (C=O) groups is 5. The average Bonchev–Trinajstić information content (AvgIpc) is 3.47. The van der Waals surface area contributed by atoms with Gasteiger partial charge in [0.25, 0.3) is 0 Å². The standard InChI is InChI=1S/C22H35N7O6/c1-12(2)8-16(22(34)35)28-19(31)15(9-13-10-25-11-26-13)27-20(32)17-4-3-7-29(17)21(33)14(23)5-6-18(24)30/h10-12,14-17H,3-9,23H2,1-2H3,(H2,24,30)(H,25,26)(H,27,32)(H,28,31)(H,34,35). The van der Waals surface area contributed by atoms with Crippen LogP contribution in [0.3, 0.4) is 0 Å². The number of hydrogen-bond acceptors (Lipinski definition) is 7. The van der Waals surface area contributed by atoms with E-state index in [2.05, 4.69) is 20.6 Å². The highest BCUT2D eigenvalue weighted by Gasteiger charge is 2.38. The van der Waals surface area contributed by atoms with Crippen molar-refractivity contribution in [1.82, 2.24) is 25.5 Å². The Morgan fingerprint density at radius 3 is 2.51 bits per heavy atom. The van der Waals surface area contributed by atoms with Gasteiger partial charge in [-0.3, -0.25) is 19.2 Å². The maximum atomic E-state index is 13.1. The molecule has 2 rings (SSSR count). The Balaban J connectivity index is 2.13. The lowest BCUT2D eigenvalue weighted by atomic mass is 10.0. The summed E-state index contributed by atoms with van der Waals surface area (Å²) in [5, 5.41) is 14.7. The van der Waals surface area contributed by atoms with Gasteiger partial charge in [0.15, 0.2) is 0 Å². The summed E-state index contributed by atoms with van der Waals surface area (Å²) >= 11 is 0. The van der Waals surface area contributed by atoms with Crippen molar-refractivity contribution in [3.05, 3.63) is 18.2 Å². The number of nitrogens with two attached hydrogens (primary N) is 2. The molecule has 4 unspecified atom stereocenters. The van der Waals surface area contributed by atoms with E-state index in [9.17, 15) is 29.1 Å². The number of carbonyl (C=O) groups excluding carboxylic acids is 4. The van der Waals surface area contributed by atoms with Gasteiger partial charge in [0.1, 0.15) is 18.1 Å². The van der Waals surface area contributed by atoms with Gasteiger partial charge >= 0.3 is 5.97 Å². The zero-order chi connectivity index (χ0) is 26.1. The fourth-order valence-electron chi connectivity index (χ4n) is 4.00. The number of carboxylic acid groups (broad SMARTS) is 1. The van der Waals surface area contributed by atoms with Gasteiger partial charge in [-0.05, 0) is 31.6 Å². The van der Waals surface area contributed by atoms with E-state index < -0.39 is 53.8 Å². The molecular formula is C22H35N7O6. The zero-order valence-corrected chi connectivity index (χ0v) is 20.0. The normalized spacial score (nSPS) is 18.1. The molecule has 1 saturated heterocycles. The second-order valence-corrected chi connectivity index (χ2v) is 9.17. The van der Waals surface area contributed by atoms with Crippen LogP contribution in [0.5, 0.6) is 0 Å². The number of amides is 4. The lowest BCUT2D eigenvalue weighted by Gasteiger charge is -2.28. The van der Waals surface area contributed by atoms with Crippen LogP contribution in [0.25, 0.3) is 0 Å². The quantitative estimate of drug-likeness (QED) is 0.192. The Morgan fingerprint density at radius 2 is 1.94 bits per heavy atom. The maximum Gasteiger partial charge on any atom is 0.326 e. The van der Waals surface area contributed by atoms with Crippen molar-refractivity contribution in [2.24, 2.45) is 17.4 Å². The summed E-state index contributed by atoms with van der Waals surface area (Å²) in [5.41, 5.74) is 11.6. The molecule has 0 aromatic carbocycles. The van der Waals surface area contributed by atoms with Crippen molar-refractivity contribution < 1.29 is 29.1 Å². The van der Waals surface area contributed by atoms with E-state index in [4.69, 9.17) is 11.5 Å². The number of carboxylic acids is 1. The first-order valence-electron chi connectivity index (χ1n) is 11.6. The van der Waals surface area contributed by atoms with E-state index in [0.717, 1.165) is 0 Å². The number of aromatic nitrogens is 2. The molecule has 35 heavy (non-hydrogen) atoms. The number of hydrogen-bond donors (Lipinski definition) is 6. The molecule has 0 radical (unpaired) electrons. The molecular weight excluding hydrogens is 458 g/mol. The van der Waals surface area contributed by atoms with Gasteiger partial charge in [0.05, 0.1) is 12.4 Å². The summed E-state index contributed by atoms with van der Waals surface area (Å²) in [4.78, 5) is 69.7. The summed E-state index contributed by atoms with van der Waals surface area (Å²) in [5.74, 6) is -3.40. The second kappa shape index (κ2) is 12.8. The summed E-state index contributed by atoms with van der Waals surface area (Å²) in [6.07, 6.45) is 4.16. The number of primary amides is 1. The number of aromatic amines is 1. The molecule has 1 aromatic rings. The lowest BCUT2D eigenvalue weighted by molar-refractivity contribution is -0.143. The van der Waals surface area contributed by atoms with Crippen LogP contribution in [0.2, 0.25) is 0 Å². The van der Waals surface area contributed by atoms with Gasteiger partial charge in [-0.15, -0.1) is 0 Å². The summed E-state index contributed by atoms with van der Waals surface area (Å²) < 4.78 is 0. The fourth-order valence-corrected chi connectivity index (χ4v) is 4.00. The van der Waals surface area contributed by atoms with Crippen LogP contribution in [-0.4, -0.2) is 80.3 Å². The van der Waals surface area contributed by atoms with Gasteiger partial charge in [-0.1, -0.05) is 13.8 Å². The third-order valence-electron chi connectivity index (χ3n) is 5.79. The largest absolute Gasteiger partial charge is 0.480 e. The predicted molar refractivity (Wildman–Crippen MR) is 124 cm³/mol. The molecule has 0 bridgehead atoms. The molecule has 8 N–H and O–H groups in total. The number of rotatable bonds is 13. The molecule has 1 aliphatic heterocycles. The summed E-state index contributed by atoms with van der Waals surface area (Å²) in [7, 11) is 0. The summed E-state index contributed by atoms with van der Waals surface area (Å²) in [6.45, 7) is 3.99. The molecule has 13 heteroatoms. The minimum absolute atomic E-state index is 0.0221. The molecule has 4 amide bonds. The van der Waals surface area contributed by atoms with Crippen molar-refractivity contribution in [2.75, 3.05) is 6.54 Å². The molecule has 194 valence electrons. The number of H-pyrrole nitrogens is 1. The number of nitrogens with zero attached hydrogens (tertiary/aromatic N) is 2. The molecule has 1 fully saturated rings. The van der Waals surface area contributed by atoms with Crippen LogP contribution in [0.15, 0.2) is 12.5 Å². The van der Waals surface area contributed by atoms with Crippen molar-refractivity contribution in [2.45, 2.75) is 76.5 Å². The van der Waals surface area contributed by atoms with Crippen molar-refractivity contribution in [3.63, 3.8) is 0 Å². The monoisotopic (exact) mass is 493 g/mol. The second-order valence-electron chi connectivity index (χ2n) is 9.17. The van der Waals surface area contributed by atoms with E-state index in [1.165, 1.54) is 17.4 Å². The molecule has 13 nitrogen and oxygen atoms in total. The topological polar surface area (TPSA) is 214 Å².